The summed E-state index contributed by atoms with van der Waals surface area (Å²) in [5.74, 6) is -2.28. The number of nitrogens with two attached hydrogens (primary N) is 1. The van der Waals surface area contributed by atoms with Crippen LogP contribution in [0.15, 0.2) is 49.3 Å². The smallest absolute Gasteiger partial charge is 0.366 e. The molecule has 0 aliphatic rings. The van der Waals surface area contributed by atoms with Crippen LogP contribution >= 0.6 is 0 Å². The molecule has 0 saturated carbocycles. The van der Waals surface area contributed by atoms with Gasteiger partial charge in [-0.15, -0.1) is 0 Å². The lowest BCUT2D eigenvalue weighted by Gasteiger charge is -2.14. The lowest BCUT2D eigenvalue weighted by Crippen LogP contribution is -2.12. The van der Waals surface area contributed by atoms with E-state index in [-0.39, 0.29) is 5.57 Å². The number of carbonyl (C=O) groups is 1. The van der Waals surface area contributed by atoms with Crippen LogP contribution in [0.4, 0.5) is 29.1 Å². The van der Waals surface area contributed by atoms with Gasteiger partial charge >= 0.3 is 6.18 Å². The quantitative estimate of drug-likeness (QED) is 0.498. The second kappa shape index (κ2) is 7.38. The van der Waals surface area contributed by atoms with E-state index in [1.807, 2.05) is 0 Å². The van der Waals surface area contributed by atoms with Gasteiger partial charge in [0.2, 0.25) is 5.91 Å². The third kappa shape index (κ3) is 4.26. The zero-order valence-electron chi connectivity index (χ0n) is 15.1. The highest BCUT2D eigenvalue weighted by Gasteiger charge is 2.32. The van der Waals surface area contributed by atoms with Crippen molar-refractivity contribution in [1.82, 2.24) is 14.8 Å². The number of carbonyl (C=O) groups excluding carboxylic acids is 1. The Hall–Kier alpha value is -3.69. The Kier molecular flexibility index (Phi) is 5.10. The second-order valence-electron chi connectivity index (χ2n) is 6.15. The van der Waals surface area contributed by atoms with Crippen molar-refractivity contribution in [3.63, 3.8) is 0 Å². The molecule has 0 bridgehead atoms. The van der Waals surface area contributed by atoms with E-state index in [9.17, 15) is 22.4 Å². The summed E-state index contributed by atoms with van der Waals surface area (Å²) in [6.45, 7) is 3.63. The van der Waals surface area contributed by atoms with Gasteiger partial charge in [-0.3, -0.25) is 9.48 Å². The topological polar surface area (TPSA) is 85.8 Å². The van der Waals surface area contributed by atoms with Gasteiger partial charge in [0.15, 0.2) is 11.6 Å². The molecule has 3 aromatic rings. The fourth-order valence-corrected chi connectivity index (χ4v) is 2.57. The number of nitrogens with zero attached hydrogens (tertiary/aromatic N) is 3. The number of alkyl halides is 3. The SMILES string of the molecule is C=C(C(N)=O)c1ccc(Nc2ncc(C(F)(F)F)cc2F)c(-c2ccn(C)n2)c1. The van der Waals surface area contributed by atoms with Gasteiger partial charge in [-0.05, 0) is 29.8 Å². The Balaban J connectivity index is 2.05. The number of aryl methyl sites for hydroxylation is 1. The minimum Gasteiger partial charge on any atom is -0.366 e. The molecule has 0 aliphatic carbocycles. The molecule has 10 heteroatoms. The predicted molar refractivity (Wildman–Crippen MR) is 99.4 cm³/mol. The number of aromatic nitrogens is 3. The van der Waals surface area contributed by atoms with E-state index < -0.39 is 29.3 Å². The first-order valence-electron chi connectivity index (χ1n) is 8.19. The van der Waals surface area contributed by atoms with Crippen molar-refractivity contribution in [3.05, 3.63) is 66.2 Å². The maximum Gasteiger partial charge on any atom is 0.417 e. The van der Waals surface area contributed by atoms with Gasteiger partial charge in [0.25, 0.3) is 0 Å². The summed E-state index contributed by atoms with van der Waals surface area (Å²) in [7, 11) is 1.69. The van der Waals surface area contributed by atoms with Crippen LogP contribution in [0.1, 0.15) is 11.1 Å². The second-order valence-corrected chi connectivity index (χ2v) is 6.15. The normalized spacial score (nSPS) is 11.3. The summed E-state index contributed by atoms with van der Waals surface area (Å²) in [4.78, 5) is 15.0. The number of hydrogen-bond donors (Lipinski definition) is 2. The Morgan fingerprint density at radius 2 is 1.97 bits per heavy atom. The molecule has 1 amide bonds. The summed E-state index contributed by atoms with van der Waals surface area (Å²) < 4.78 is 53.9. The molecule has 0 aliphatic heterocycles. The number of halogens is 4. The van der Waals surface area contributed by atoms with Gasteiger partial charge in [0, 0.05) is 36.3 Å². The Bertz CT molecular complexity index is 1100. The average molecular weight is 405 g/mol. The molecule has 2 heterocycles. The van der Waals surface area contributed by atoms with Crippen LogP contribution in [0.25, 0.3) is 16.8 Å². The number of benzene rings is 1. The number of amides is 1. The lowest BCUT2D eigenvalue weighted by molar-refractivity contribution is -0.138. The number of primary amides is 1. The molecule has 0 saturated heterocycles. The van der Waals surface area contributed by atoms with E-state index in [1.165, 1.54) is 16.8 Å². The maximum atomic E-state index is 14.2. The summed E-state index contributed by atoms with van der Waals surface area (Å²) in [6.07, 6.45) is -2.50. The molecule has 0 atom stereocenters. The number of anilines is 2. The van der Waals surface area contributed by atoms with Gasteiger partial charge in [-0.2, -0.15) is 18.3 Å². The van der Waals surface area contributed by atoms with E-state index in [0.717, 1.165) is 0 Å². The van der Waals surface area contributed by atoms with Crippen LogP contribution < -0.4 is 11.1 Å². The van der Waals surface area contributed by atoms with E-state index >= 15 is 0 Å². The average Bonchev–Trinajstić information content (AvgIpc) is 3.08. The van der Waals surface area contributed by atoms with E-state index in [2.05, 4.69) is 22.0 Å². The standard InChI is InChI=1S/C19H15F4N5O/c1-10(17(24)29)11-3-4-15(13(7-11)16-5-6-28(2)27-16)26-18-14(20)8-12(9-25-18)19(21,22)23/h3-9H,1H2,2H3,(H2,24,29)(H,25,26). The van der Waals surface area contributed by atoms with E-state index in [1.54, 1.807) is 25.4 Å². The highest BCUT2D eigenvalue weighted by Crippen LogP contribution is 2.34. The fourth-order valence-electron chi connectivity index (χ4n) is 2.57. The third-order valence-electron chi connectivity index (χ3n) is 4.08. The summed E-state index contributed by atoms with van der Waals surface area (Å²) in [5.41, 5.74) is 5.79. The summed E-state index contributed by atoms with van der Waals surface area (Å²) in [5, 5.41) is 6.94. The van der Waals surface area contributed by atoms with Crippen molar-refractivity contribution in [1.29, 1.82) is 0 Å². The minimum atomic E-state index is -4.71. The van der Waals surface area contributed by atoms with Crippen molar-refractivity contribution in [2.45, 2.75) is 6.18 Å². The molecule has 0 radical (unpaired) electrons. The first-order chi connectivity index (χ1) is 13.6. The van der Waals surface area contributed by atoms with Gasteiger partial charge in [0.1, 0.15) is 0 Å². The molecule has 150 valence electrons. The zero-order valence-corrected chi connectivity index (χ0v) is 15.1. The molecular formula is C19H15F4N5O. The molecule has 2 aromatic heterocycles. The van der Waals surface area contributed by atoms with Crippen molar-refractivity contribution in [3.8, 4) is 11.3 Å². The number of pyridine rings is 1. The van der Waals surface area contributed by atoms with Crippen LogP contribution in [-0.2, 0) is 18.0 Å². The number of rotatable bonds is 5. The number of nitrogens with one attached hydrogen (secondary N) is 1. The molecular weight excluding hydrogens is 390 g/mol. The highest BCUT2D eigenvalue weighted by molar-refractivity contribution is 6.18. The lowest BCUT2D eigenvalue weighted by atomic mass is 10.0. The Labute approximate surface area is 162 Å². The molecule has 0 fully saturated rings. The first-order valence-corrected chi connectivity index (χ1v) is 8.19. The van der Waals surface area contributed by atoms with Crippen molar-refractivity contribution in [2.24, 2.45) is 12.8 Å². The first kappa shape index (κ1) is 20.1. The van der Waals surface area contributed by atoms with E-state index in [4.69, 9.17) is 5.73 Å². The van der Waals surface area contributed by atoms with Gasteiger partial charge in [0.05, 0.1) is 11.3 Å². The molecule has 1 aromatic carbocycles. The molecule has 6 nitrogen and oxygen atoms in total. The van der Waals surface area contributed by atoms with Crippen molar-refractivity contribution >= 4 is 23.0 Å². The molecule has 0 unspecified atom stereocenters. The van der Waals surface area contributed by atoms with Crippen LogP contribution in [-0.4, -0.2) is 20.7 Å². The summed E-state index contributed by atoms with van der Waals surface area (Å²) >= 11 is 0. The van der Waals surface area contributed by atoms with E-state index in [0.29, 0.717) is 34.8 Å². The molecule has 3 N–H and O–H groups in total. The Morgan fingerprint density at radius 1 is 1.24 bits per heavy atom. The van der Waals surface area contributed by atoms with Crippen LogP contribution in [0.2, 0.25) is 0 Å². The Morgan fingerprint density at radius 3 is 2.52 bits per heavy atom. The minimum absolute atomic E-state index is 0.0626. The highest BCUT2D eigenvalue weighted by atomic mass is 19.4. The number of hydrogen-bond acceptors (Lipinski definition) is 4. The summed E-state index contributed by atoms with van der Waals surface area (Å²) in [6, 6.07) is 6.63. The largest absolute Gasteiger partial charge is 0.417 e. The van der Waals surface area contributed by atoms with Crippen molar-refractivity contribution < 1.29 is 22.4 Å². The van der Waals surface area contributed by atoms with Gasteiger partial charge < -0.3 is 11.1 Å². The fraction of sp³-hybridized carbons (Fsp3) is 0.105. The third-order valence-corrected chi connectivity index (χ3v) is 4.08. The van der Waals surface area contributed by atoms with Gasteiger partial charge in [-0.1, -0.05) is 12.6 Å². The zero-order chi connectivity index (χ0) is 21.3. The van der Waals surface area contributed by atoms with Crippen LogP contribution in [0.5, 0.6) is 0 Å². The van der Waals surface area contributed by atoms with Gasteiger partial charge in [-0.25, -0.2) is 9.37 Å². The maximum absolute atomic E-state index is 14.2. The molecule has 3 rings (SSSR count). The molecule has 0 spiro atoms. The van der Waals surface area contributed by atoms with Crippen molar-refractivity contribution in [2.75, 3.05) is 5.32 Å². The predicted octanol–water partition coefficient (Wildman–Crippen LogP) is 3.88. The monoisotopic (exact) mass is 405 g/mol. The van der Waals surface area contributed by atoms with Crippen LogP contribution in [0, 0.1) is 5.82 Å². The van der Waals surface area contributed by atoms with Crippen LogP contribution in [0.3, 0.4) is 0 Å². The molecule has 29 heavy (non-hydrogen) atoms.